The van der Waals surface area contributed by atoms with Crippen LogP contribution in [0, 0.1) is 17.8 Å². The fourth-order valence-electron chi connectivity index (χ4n) is 4.27. The normalized spacial score (nSPS) is 31.9. The Labute approximate surface area is 153 Å². The maximum Gasteiger partial charge on any atom is 0.331 e. The van der Waals surface area contributed by atoms with E-state index in [0.29, 0.717) is 17.5 Å². The summed E-state index contributed by atoms with van der Waals surface area (Å²) in [6.07, 6.45) is 5.51. The predicted octanol–water partition coefficient (Wildman–Crippen LogP) is 3.03. The zero-order valence-corrected chi connectivity index (χ0v) is 15.1. The van der Waals surface area contributed by atoms with E-state index in [1.807, 2.05) is 12.1 Å². The van der Waals surface area contributed by atoms with Crippen molar-refractivity contribution < 1.29 is 14.4 Å². The summed E-state index contributed by atoms with van der Waals surface area (Å²) in [6, 6.07) is 6.57. The molecule has 4 atom stereocenters. The van der Waals surface area contributed by atoms with Gasteiger partial charge in [-0.1, -0.05) is 22.4 Å². The van der Waals surface area contributed by atoms with Gasteiger partial charge in [0.1, 0.15) is 0 Å². The summed E-state index contributed by atoms with van der Waals surface area (Å²) in [7, 11) is 0. The smallest absolute Gasteiger partial charge is 0.277 e. The molecular weight excluding hydrogens is 386 g/mol. The van der Waals surface area contributed by atoms with Gasteiger partial charge in [-0.2, -0.15) is 0 Å². The molecule has 7 heteroatoms. The molecule has 1 aromatic carbocycles. The van der Waals surface area contributed by atoms with Crippen LogP contribution in [0.4, 0.5) is 10.5 Å². The van der Waals surface area contributed by atoms with Crippen LogP contribution in [0.5, 0.6) is 0 Å². The molecule has 2 aliphatic carbocycles. The molecule has 0 radical (unpaired) electrons. The minimum absolute atomic E-state index is 0.0806. The quantitative estimate of drug-likeness (QED) is 0.622. The fraction of sp³-hybridized carbons (Fsp3) is 0.444. The second-order valence-corrected chi connectivity index (χ2v) is 7.89. The van der Waals surface area contributed by atoms with Crippen LogP contribution in [0.1, 0.15) is 25.7 Å². The Bertz CT molecular complexity index is 761. The Morgan fingerprint density at radius 3 is 2.52 bits per heavy atom. The first-order valence-corrected chi connectivity index (χ1v) is 9.30. The summed E-state index contributed by atoms with van der Waals surface area (Å²) in [4.78, 5) is 42.7. The van der Waals surface area contributed by atoms with Gasteiger partial charge in [-0.3, -0.25) is 24.8 Å². The van der Waals surface area contributed by atoms with Crippen molar-refractivity contribution in [2.24, 2.45) is 22.7 Å². The lowest BCUT2D eigenvalue weighted by Gasteiger charge is -2.36. The number of imide groups is 2. The maximum absolute atomic E-state index is 12.8. The number of fused-ring (bicyclic) bond motifs is 2. The highest BCUT2D eigenvalue weighted by Crippen LogP contribution is 2.47. The van der Waals surface area contributed by atoms with Crippen molar-refractivity contribution in [3.05, 3.63) is 28.7 Å². The van der Waals surface area contributed by atoms with Gasteiger partial charge >= 0.3 is 6.03 Å². The molecule has 3 aliphatic rings. The van der Waals surface area contributed by atoms with Gasteiger partial charge in [0.25, 0.3) is 0 Å². The van der Waals surface area contributed by atoms with Crippen LogP contribution in [0.25, 0.3) is 0 Å². The molecular formula is C18H18BrN3O3. The number of barbiturate groups is 1. The van der Waals surface area contributed by atoms with Gasteiger partial charge in [-0.05, 0) is 55.4 Å². The number of rotatable bonds is 3. The summed E-state index contributed by atoms with van der Waals surface area (Å²) in [5.41, 5.74) is 0.646. The number of aliphatic imine (C=N–C) groups is 1. The average Bonchev–Trinajstić information content (AvgIpc) is 3.19. The first kappa shape index (κ1) is 16.4. The first-order valence-electron chi connectivity index (χ1n) is 8.50. The molecule has 6 nitrogen and oxygen atoms in total. The van der Waals surface area contributed by atoms with Crippen molar-refractivity contribution in [3.8, 4) is 0 Å². The molecule has 0 unspecified atom stereocenters. The van der Waals surface area contributed by atoms with Crippen LogP contribution in [0.2, 0.25) is 0 Å². The van der Waals surface area contributed by atoms with E-state index in [1.165, 1.54) is 17.5 Å². The van der Waals surface area contributed by atoms with Gasteiger partial charge < -0.3 is 0 Å². The standard InChI is InChI=1S/C18H18BrN3O3/c19-12-3-5-13(6-4-12)20-9-14-16(23)21-18(25)22(17(14)24)15-8-10-1-2-11(15)7-10/h3-6,9-11,14-15H,1-2,7-8H2,(H,21,23,25)/t10-,11-,14-,15+/m0/s1. The SMILES string of the molecule is O=C1NC(=O)N([C@@H]2C[C@H]3CC[C@H]2C3)C(=O)[C@H]1C=Nc1ccc(Br)cc1. The molecule has 1 aromatic rings. The van der Waals surface area contributed by atoms with Gasteiger partial charge in [-0.25, -0.2) is 4.79 Å². The highest BCUT2D eigenvalue weighted by molar-refractivity contribution is 9.10. The Balaban J connectivity index is 1.55. The third kappa shape index (κ3) is 3.01. The number of hydrogen-bond acceptors (Lipinski definition) is 4. The zero-order valence-electron chi connectivity index (χ0n) is 13.5. The number of amides is 4. The van der Waals surface area contributed by atoms with E-state index in [1.54, 1.807) is 12.1 Å². The number of benzene rings is 1. The van der Waals surface area contributed by atoms with E-state index in [-0.39, 0.29) is 6.04 Å². The van der Waals surface area contributed by atoms with Crippen molar-refractivity contribution in [3.63, 3.8) is 0 Å². The third-order valence-electron chi connectivity index (χ3n) is 5.47. The Morgan fingerprint density at radius 1 is 1.12 bits per heavy atom. The molecule has 1 aliphatic heterocycles. The molecule has 2 saturated carbocycles. The molecule has 4 amide bonds. The number of carbonyl (C=O) groups excluding carboxylic acids is 3. The molecule has 25 heavy (non-hydrogen) atoms. The van der Waals surface area contributed by atoms with E-state index in [4.69, 9.17) is 0 Å². The molecule has 0 spiro atoms. The summed E-state index contributed by atoms with van der Waals surface area (Å²) < 4.78 is 0.922. The molecule has 4 rings (SSSR count). The number of carbonyl (C=O) groups is 3. The van der Waals surface area contributed by atoms with E-state index < -0.39 is 23.8 Å². The van der Waals surface area contributed by atoms with Crippen LogP contribution in [-0.4, -0.2) is 35.0 Å². The summed E-state index contributed by atoms with van der Waals surface area (Å²) in [6.45, 7) is 0. The summed E-state index contributed by atoms with van der Waals surface area (Å²) in [5, 5.41) is 2.32. The summed E-state index contributed by atoms with van der Waals surface area (Å²) >= 11 is 3.35. The molecule has 1 heterocycles. The second-order valence-electron chi connectivity index (χ2n) is 6.98. The first-order chi connectivity index (χ1) is 12.0. The lowest BCUT2D eigenvalue weighted by Crippen LogP contribution is -2.62. The number of hydrogen-bond donors (Lipinski definition) is 1. The van der Waals surface area contributed by atoms with Gasteiger partial charge in [0.2, 0.25) is 11.8 Å². The van der Waals surface area contributed by atoms with Crippen molar-refractivity contribution in [2.45, 2.75) is 31.7 Å². The zero-order chi connectivity index (χ0) is 17.6. The maximum atomic E-state index is 12.8. The van der Waals surface area contributed by atoms with Crippen LogP contribution in [0.3, 0.4) is 0 Å². The monoisotopic (exact) mass is 403 g/mol. The summed E-state index contributed by atoms with van der Waals surface area (Å²) in [5.74, 6) is -1.14. The van der Waals surface area contributed by atoms with E-state index in [0.717, 1.165) is 23.7 Å². The topological polar surface area (TPSA) is 78.8 Å². The van der Waals surface area contributed by atoms with E-state index in [2.05, 4.69) is 26.2 Å². The highest BCUT2D eigenvalue weighted by Gasteiger charge is 2.50. The number of urea groups is 1. The van der Waals surface area contributed by atoms with Crippen LogP contribution < -0.4 is 5.32 Å². The average molecular weight is 404 g/mol. The van der Waals surface area contributed by atoms with Gasteiger partial charge in [0.05, 0.1) is 5.69 Å². The fourth-order valence-corrected chi connectivity index (χ4v) is 4.53. The largest absolute Gasteiger partial charge is 0.331 e. The van der Waals surface area contributed by atoms with Crippen LogP contribution >= 0.6 is 15.9 Å². The van der Waals surface area contributed by atoms with Gasteiger partial charge in [0, 0.05) is 16.7 Å². The number of halogens is 1. The van der Waals surface area contributed by atoms with Crippen molar-refractivity contribution in [1.82, 2.24) is 10.2 Å². The van der Waals surface area contributed by atoms with Crippen LogP contribution in [-0.2, 0) is 9.59 Å². The minimum Gasteiger partial charge on any atom is -0.277 e. The highest BCUT2D eigenvalue weighted by atomic mass is 79.9. The van der Waals surface area contributed by atoms with E-state index >= 15 is 0 Å². The van der Waals surface area contributed by atoms with Crippen molar-refractivity contribution >= 4 is 45.7 Å². The Kier molecular flexibility index (Phi) is 4.19. The molecule has 1 saturated heterocycles. The number of nitrogens with zero attached hydrogens (tertiary/aromatic N) is 2. The molecule has 1 N–H and O–H groups in total. The van der Waals surface area contributed by atoms with Crippen molar-refractivity contribution in [2.75, 3.05) is 0 Å². The molecule has 0 aromatic heterocycles. The molecule has 2 bridgehead atoms. The van der Waals surface area contributed by atoms with E-state index in [9.17, 15) is 14.4 Å². The van der Waals surface area contributed by atoms with Gasteiger partial charge in [0.15, 0.2) is 5.92 Å². The lowest BCUT2D eigenvalue weighted by molar-refractivity contribution is -0.141. The second kappa shape index (κ2) is 6.37. The predicted molar refractivity (Wildman–Crippen MR) is 95.4 cm³/mol. The Morgan fingerprint density at radius 2 is 1.88 bits per heavy atom. The third-order valence-corrected chi connectivity index (χ3v) is 6.00. The lowest BCUT2D eigenvalue weighted by atomic mass is 9.92. The van der Waals surface area contributed by atoms with Gasteiger partial charge in [-0.15, -0.1) is 0 Å². The molecule has 130 valence electrons. The number of nitrogens with one attached hydrogen (secondary N) is 1. The minimum atomic E-state index is -1.06. The Hall–Kier alpha value is -2.02. The van der Waals surface area contributed by atoms with Crippen molar-refractivity contribution in [1.29, 1.82) is 0 Å². The van der Waals surface area contributed by atoms with Crippen LogP contribution in [0.15, 0.2) is 33.7 Å². The molecule has 3 fully saturated rings.